The Morgan fingerprint density at radius 1 is 1.16 bits per heavy atom. The van der Waals surface area contributed by atoms with Crippen LogP contribution in [0.4, 0.5) is 13.2 Å². The molecule has 0 atom stereocenters. The largest absolute Gasteiger partial charge is 0.480 e. The Morgan fingerprint density at radius 2 is 1.68 bits per heavy atom. The number of likely N-dealkylation sites (tertiary alicyclic amines) is 1. The highest BCUT2D eigenvalue weighted by Gasteiger charge is 2.53. The molecule has 1 N–H and O–H groups in total. The highest BCUT2D eigenvalue weighted by atomic mass is 19.4. The zero-order valence-corrected chi connectivity index (χ0v) is 10.4. The van der Waals surface area contributed by atoms with Crippen LogP contribution in [0.25, 0.3) is 0 Å². The molecule has 2 aliphatic rings. The maximum atomic E-state index is 12.5. The Bertz CT molecular complexity index is 382. The lowest BCUT2D eigenvalue weighted by molar-refractivity contribution is -0.190. The van der Waals surface area contributed by atoms with Crippen molar-refractivity contribution in [2.24, 2.45) is 11.3 Å². The molecule has 4 nitrogen and oxygen atoms in total. The van der Waals surface area contributed by atoms with Crippen LogP contribution in [0.1, 0.15) is 32.1 Å². The number of alkyl halides is 3. The monoisotopic (exact) mass is 279 g/mol. The number of hydrogen-bond acceptors (Lipinski definition) is 2. The van der Waals surface area contributed by atoms with Crippen molar-refractivity contribution in [2.75, 3.05) is 13.1 Å². The second kappa shape index (κ2) is 4.68. The van der Waals surface area contributed by atoms with Crippen LogP contribution >= 0.6 is 0 Å². The maximum Gasteiger partial charge on any atom is 0.391 e. The second-order valence-electron chi connectivity index (χ2n) is 5.35. The Hall–Kier alpha value is -1.27. The van der Waals surface area contributed by atoms with Crippen molar-refractivity contribution in [1.29, 1.82) is 0 Å². The molecule has 7 heteroatoms. The van der Waals surface area contributed by atoms with Gasteiger partial charge < -0.3 is 10.0 Å². The van der Waals surface area contributed by atoms with Crippen molar-refractivity contribution in [1.82, 2.24) is 4.90 Å². The molecule has 19 heavy (non-hydrogen) atoms. The number of aliphatic carboxylic acids is 1. The van der Waals surface area contributed by atoms with E-state index in [1.165, 1.54) is 4.90 Å². The van der Waals surface area contributed by atoms with Gasteiger partial charge in [0.2, 0.25) is 5.91 Å². The van der Waals surface area contributed by atoms with Crippen molar-refractivity contribution in [3.05, 3.63) is 0 Å². The fraction of sp³-hybridized carbons (Fsp3) is 0.833. The minimum Gasteiger partial charge on any atom is -0.480 e. The number of halogens is 3. The molecule has 2 rings (SSSR count). The molecule has 1 heterocycles. The summed E-state index contributed by atoms with van der Waals surface area (Å²) in [6, 6.07) is 0. The smallest absolute Gasteiger partial charge is 0.391 e. The lowest BCUT2D eigenvalue weighted by Crippen LogP contribution is -2.54. The van der Waals surface area contributed by atoms with Gasteiger partial charge in [-0.2, -0.15) is 13.2 Å². The third kappa shape index (κ3) is 2.42. The van der Waals surface area contributed by atoms with Gasteiger partial charge in [0.1, 0.15) is 5.41 Å². The normalized spacial score (nSPS) is 23.8. The minimum absolute atomic E-state index is 0.00194. The first-order valence-electron chi connectivity index (χ1n) is 6.37. The summed E-state index contributed by atoms with van der Waals surface area (Å²) in [4.78, 5) is 24.6. The predicted octanol–water partition coefficient (Wildman–Crippen LogP) is 2.04. The lowest BCUT2D eigenvalue weighted by Gasteiger charge is -2.42. The van der Waals surface area contributed by atoms with E-state index < -0.39 is 29.4 Å². The zero-order valence-electron chi connectivity index (χ0n) is 10.4. The molecule has 0 spiro atoms. The molecule has 1 aliphatic heterocycles. The van der Waals surface area contributed by atoms with Gasteiger partial charge in [-0.25, -0.2) is 0 Å². The van der Waals surface area contributed by atoms with Gasteiger partial charge >= 0.3 is 12.1 Å². The van der Waals surface area contributed by atoms with Gasteiger partial charge in [-0.15, -0.1) is 0 Å². The number of carbonyl (C=O) groups is 2. The van der Waals surface area contributed by atoms with Crippen LogP contribution in [0.3, 0.4) is 0 Å². The Kier molecular flexibility index (Phi) is 3.49. The summed E-state index contributed by atoms with van der Waals surface area (Å²) in [5.41, 5.74) is -1.37. The fourth-order valence-corrected chi connectivity index (χ4v) is 2.76. The van der Waals surface area contributed by atoms with Crippen molar-refractivity contribution in [2.45, 2.75) is 38.3 Å². The number of piperidine rings is 1. The molecular formula is C12H16F3NO3. The Labute approximate surface area is 108 Å². The van der Waals surface area contributed by atoms with Gasteiger partial charge in [0.05, 0.1) is 5.92 Å². The first kappa shape index (κ1) is 14.1. The van der Waals surface area contributed by atoms with E-state index in [0.717, 1.165) is 0 Å². The number of carboxylic acids is 1. The molecule has 0 unspecified atom stereocenters. The zero-order chi connectivity index (χ0) is 14.3. The summed E-state index contributed by atoms with van der Waals surface area (Å²) >= 11 is 0. The van der Waals surface area contributed by atoms with Crippen LogP contribution in [0.15, 0.2) is 0 Å². The van der Waals surface area contributed by atoms with E-state index in [9.17, 15) is 22.8 Å². The molecule has 1 saturated carbocycles. The number of hydrogen-bond donors (Lipinski definition) is 1. The van der Waals surface area contributed by atoms with E-state index in [4.69, 9.17) is 5.11 Å². The van der Waals surface area contributed by atoms with Gasteiger partial charge in [0.25, 0.3) is 0 Å². The van der Waals surface area contributed by atoms with E-state index in [0.29, 0.717) is 19.3 Å². The first-order chi connectivity index (χ1) is 8.77. The summed E-state index contributed by atoms with van der Waals surface area (Å²) in [7, 11) is 0. The van der Waals surface area contributed by atoms with Crippen LogP contribution in [0.5, 0.6) is 0 Å². The van der Waals surface area contributed by atoms with Gasteiger partial charge in [-0.05, 0) is 25.7 Å². The molecule has 0 radical (unpaired) electrons. The van der Waals surface area contributed by atoms with Crippen molar-refractivity contribution >= 4 is 11.9 Å². The number of carbonyl (C=O) groups excluding carboxylic acids is 1. The molecule has 1 amide bonds. The lowest BCUT2D eigenvalue weighted by atomic mass is 9.67. The van der Waals surface area contributed by atoms with Gasteiger partial charge in [0, 0.05) is 13.1 Å². The quantitative estimate of drug-likeness (QED) is 0.787. The highest BCUT2D eigenvalue weighted by molar-refractivity contribution is 6.02. The molecule has 108 valence electrons. The van der Waals surface area contributed by atoms with Crippen LogP contribution in [-0.4, -0.2) is 41.1 Å². The Balaban J connectivity index is 1.98. The second-order valence-corrected chi connectivity index (χ2v) is 5.35. The van der Waals surface area contributed by atoms with Crippen LogP contribution in [-0.2, 0) is 9.59 Å². The van der Waals surface area contributed by atoms with Gasteiger partial charge in [-0.1, -0.05) is 6.42 Å². The van der Waals surface area contributed by atoms with Crippen molar-refractivity contribution < 1.29 is 27.9 Å². The maximum absolute atomic E-state index is 12.5. The molecule has 0 aromatic heterocycles. The number of rotatable bonds is 2. The van der Waals surface area contributed by atoms with E-state index >= 15 is 0 Å². The van der Waals surface area contributed by atoms with Crippen LogP contribution in [0, 0.1) is 11.3 Å². The van der Waals surface area contributed by atoms with Crippen LogP contribution < -0.4 is 0 Å². The third-order valence-electron chi connectivity index (χ3n) is 4.27. The summed E-state index contributed by atoms with van der Waals surface area (Å²) in [6.45, 7) is -0.00389. The van der Waals surface area contributed by atoms with Crippen molar-refractivity contribution in [3.8, 4) is 0 Å². The molecule has 1 aliphatic carbocycles. The summed E-state index contributed by atoms with van der Waals surface area (Å²) < 4.78 is 37.5. The molecule has 0 aromatic rings. The number of amides is 1. The van der Waals surface area contributed by atoms with E-state index in [1.807, 2.05) is 0 Å². The first-order valence-corrected chi connectivity index (χ1v) is 6.37. The standard InChI is InChI=1S/C12H16F3NO3/c13-12(14,15)8-2-6-16(7-3-8)9(17)11(10(18)19)4-1-5-11/h8H,1-7H2,(H,18,19). The molecule has 1 saturated heterocycles. The fourth-order valence-electron chi connectivity index (χ4n) is 2.76. The van der Waals surface area contributed by atoms with Gasteiger partial charge in [-0.3, -0.25) is 9.59 Å². The van der Waals surface area contributed by atoms with Crippen molar-refractivity contribution in [3.63, 3.8) is 0 Å². The van der Waals surface area contributed by atoms with Crippen LogP contribution in [0.2, 0.25) is 0 Å². The average molecular weight is 279 g/mol. The Morgan fingerprint density at radius 3 is 2.00 bits per heavy atom. The van der Waals surface area contributed by atoms with E-state index in [1.54, 1.807) is 0 Å². The van der Waals surface area contributed by atoms with Gasteiger partial charge in [0.15, 0.2) is 0 Å². The van der Waals surface area contributed by atoms with E-state index in [-0.39, 0.29) is 25.9 Å². The average Bonchev–Trinajstić information content (AvgIpc) is 2.25. The van der Waals surface area contributed by atoms with E-state index in [2.05, 4.69) is 0 Å². The molecule has 0 aromatic carbocycles. The minimum atomic E-state index is -4.23. The predicted molar refractivity (Wildman–Crippen MR) is 59.3 cm³/mol. The topological polar surface area (TPSA) is 57.6 Å². The molecule has 2 fully saturated rings. The number of nitrogens with zero attached hydrogens (tertiary/aromatic N) is 1. The SMILES string of the molecule is O=C(O)C1(C(=O)N2CCC(C(F)(F)F)CC2)CCC1. The third-order valence-corrected chi connectivity index (χ3v) is 4.27. The summed E-state index contributed by atoms with van der Waals surface area (Å²) in [6.07, 6.45) is -3.23. The molecular weight excluding hydrogens is 263 g/mol. The summed E-state index contributed by atoms with van der Waals surface area (Å²) in [5, 5.41) is 9.14. The molecule has 0 bridgehead atoms. The summed E-state index contributed by atoms with van der Waals surface area (Å²) in [5.74, 6) is -3.03. The number of carboxylic acid groups (broad SMARTS) is 1. The highest BCUT2D eigenvalue weighted by Crippen LogP contribution is 2.44.